The second kappa shape index (κ2) is 5.85. The molecule has 1 atom stereocenters. The molecule has 1 fully saturated rings. The van der Waals surface area contributed by atoms with E-state index in [4.69, 9.17) is 4.74 Å². The predicted molar refractivity (Wildman–Crippen MR) is 58.1 cm³/mol. The minimum Gasteiger partial charge on any atom is -0.381 e. The molecule has 86 valence electrons. The molecule has 1 heterocycles. The molecule has 4 heteroatoms. The number of nitrogens with zero attached hydrogens (tertiary/aromatic N) is 1. The van der Waals surface area contributed by atoms with Gasteiger partial charge in [0.1, 0.15) is 0 Å². The summed E-state index contributed by atoms with van der Waals surface area (Å²) < 4.78 is 5.30. The Kier molecular flexibility index (Phi) is 4.75. The fourth-order valence-electron chi connectivity index (χ4n) is 1.79. The Balaban J connectivity index is 2.60. The SMILES string of the molecule is CC(C)C/C(=C\C1CCCOC1)[N+](=O)[O-]. The summed E-state index contributed by atoms with van der Waals surface area (Å²) in [6.45, 7) is 5.42. The normalized spacial score (nSPS) is 23.1. The molecule has 0 aromatic carbocycles. The number of hydrogen-bond donors (Lipinski definition) is 0. The van der Waals surface area contributed by atoms with Crippen molar-refractivity contribution in [3.63, 3.8) is 0 Å². The predicted octanol–water partition coefficient (Wildman–Crippen LogP) is 2.62. The Bertz CT molecular complexity index is 242. The summed E-state index contributed by atoms with van der Waals surface area (Å²) in [7, 11) is 0. The van der Waals surface area contributed by atoms with Crippen LogP contribution in [0, 0.1) is 22.0 Å². The van der Waals surface area contributed by atoms with Crippen LogP contribution in [0.15, 0.2) is 11.8 Å². The average molecular weight is 213 g/mol. The second-order valence-corrected chi connectivity index (χ2v) is 4.49. The molecule has 0 N–H and O–H groups in total. The van der Waals surface area contributed by atoms with Crippen molar-refractivity contribution in [1.82, 2.24) is 0 Å². The van der Waals surface area contributed by atoms with Gasteiger partial charge in [-0.15, -0.1) is 0 Å². The highest BCUT2D eigenvalue weighted by Crippen LogP contribution is 2.20. The van der Waals surface area contributed by atoms with Crippen LogP contribution in [0.3, 0.4) is 0 Å². The van der Waals surface area contributed by atoms with Crippen LogP contribution in [0.5, 0.6) is 0 Å². The van der Waals surface area contributed by atoms with Gasteiger partial charge in [0, 0.05) is 18.9 Å². The highest BCUT2D eigenvalue weighted by Gasteiger charge is 2.18. The number of ether oxygens (including phenoxy) is 1. The lowest BCUT2D eigenvalue weighted by molar-refractivity contribution is -0.429. The van der Waals surface area contributed by atoms with Crippen molar-refractivity contribution in [1.29, 1.82) is 0 Å². The van der Waals surface area contributed by atoms with E-state index in [1.807, 2.05) is 13.8 Å². The van der Waals surface area contributed by atoms with E-state index in [1.54, 1.807) is 6.08 Å². The molecule has 0 radical (unpaired) electrons. The maximum atomic E-state index is 10.8. The Morgan fingerprint density at radius 3 is 2.87 bits per heavy atom. The maximum Gasteiger partial charge on any atom is 0.242 e. The summed E-state index contributed by atoms with van der Waals surface area (Å²) in [5, 5.41) is 10.8. The lowest BCUT2D eigenvalue weighted by atomic mass is 9.98. The van der Waals surface area contributed by atoms with Gasteiger partial charge in [-0.25, -0.2) is 0 Å². The molecule has 0 saturated carbocycles. The molecule has 0 bridgehead atoms. The Morgan fingerprint density at radius 2 is 2.40 bits per heavy atom. The van der Waals surface area contributed by atoms with Crippen molar-refractivity contribution in [2.45, 2.75) is 33.1 Å². The highest BCUT2D eigenvalue weighted by atomic mass is 16.6. The summed E-state index contributed by atoms with van der Waals surface area (Å²) in [4.78, 5) is 10.5. The molecule has 0 spiro atoms. The molecule has 1 aliphatic rings. The second-order valence-electron chi connectivity index (χ2n) is 4.49. The van der Waals surface area contributed by atoms with Gasteiger partial charge in [0.2, 0.25) is 5.70 Å². The summed E-state index contributed by atoms with van der Waals surface area (Å²) in [6, 6.07) is 0. The molecule has 1 saturated heterocycles. The average Bonchev–Trinajstić information content (AvgIpc) is 2.17. The topological polar surface area (TPSA) is 52.4 Å². The van der Waals surface area contributed by atoms with E-state index in [0.29, 0.717) is 24.6 Å². The van der Waals surface area contributed by atoms with Gasteiger partial charge < -0.3 is 4.74 Å². The standard InChI is InChI=1S/C11H19NO3/c1-9(2)6-11(12(13)14)7-10-4-3-5-15-8-10/h7,9-10H,3-6,8H2,1-2H3/b11-7+. The first-order valence-electron chi connectivity index (χ1n) is 5.52. The van der Waals surface area contributed by atoms with E-state index in [9.17, 15) is 10.1 Å². The third kappa shape index (κ3) is 4.42. The van der Waals surface area contributed by atoms with Gasteiger partial charge in [-0.3, -0.25) is 10.1 Å². The fourth-order valence-corrected chi connectivity index (χ4v) is 1.79. The zero-order valence-corrected chi connectivity index (χ0v) is 9.44. The zero-order valence-electron chi connectivity index (χ0n) is 9.44. The van der Waals surface area contributed by atoms with Crippen LogP contribution in [0.4, 0.5) is 0 Å². The number of hydrogen-bond acceptors (Lipinski definition) is 3. The van der Waals surface area contributed by atoms with Crippen molar-refractivity contribution in [2.24, 2.45) is 11.8 Å². The van der Waals surface area contributed by atoms with Gasteiger partial charge in [0.15, 0.2) is 0 Å². The van der Waals surface area contributed by atoms with Crippen LogP contribution in [0.1, 0.15) is 33.1 Å². The summed E-state index contributed by atoms with van der Waals surface area (Å²) in [5.41, 5.74) is 0.348. The molecule has 1 aliphatic heterocycles. The molecule has 4 nitrogen and oxygen atoms in total. The third-order valence-corrected chi connectivity index (χ3v) is 2.48. The largest absolute Gasteiger partial charge is 0.381 e. The number of nitro groups is 1. The van der Waals surface area contributed by atoms with Crippen LogP contribution < -0.4 is 0 Å². The van der Waals surface area contributed by atoms with Gasteiger partial charge >= 0.3 is 0 Å². The number of rotatable bonds is 4. The smallest absolute Gasteiger partial charge is 0.242 e. The van der Waals surface area contributed by atoms with E-state index in [0.717, 1.165) is 19.4 Å². The first-order chi connectivity index (χ1) is 7.09. The van der Waals surface area contributed by atoms with Gasteiger partial charge in [-0.05, 0) is 24.8 Å². The van der Waals surface area contributed by atoms with E-state index >= 15 is 0 Å². The van der Waals surface area contributed by atoms with Gasteiger partial charge in [-0.1, -0.05) is 13.8 Å². The van der Waals surface area contributed by atoms with Crippen LogP contribution >= 0.6 is 0 Å². The van der Waals surface area contributed by atoms with Crippen LogP contribution in [0.25, 0.3) is 0 Å². The van der Waals surface area contributed by atoms with E-state index < -0.39 is 0 Å². The Labute approximate surface area is 90.5 Å². The zero-order chi connectivity index (χ0) is 11.3. The molecule has 0 amide bonds. The molecular weight excluding hydrogens is 194 g/mol. The van der Waals surface area contributed by atoms with Gasteiger partial charge in [0.05, 0.1) is 11.5 Å². The Hall–Kier alpha value is -0.900. The lowest BCUT2D eigenvalue weighted by Crippen LogP contribution is -2.17. The van der Waals surface area contributed by atoms with Crippen LogP contribution in [-0.4, -0.2) is 18.1 Å². The first-order valence-corrected chi connectivity index (χ1v) is 5.52. The first kappa shape index (κ1) is 12.2. The van der Waals surface area contributed by atoms with Crippen LogP contribution in [-0.2, 0) is 4.74 Å². The Morgan fingerprint density at radius 1 is 1.67 bits per heavy atom. The molecular formula is C11H19NO3. The van der Waals surface area contributed by atoms with E-state index in [-0.39, 0.29) is 10.8 Å². The molecule has 1 rings (SSSR count). The quantitative estimate of drug-likeness (QED) is 0.533. The fraction of sp³-hybridized carbons (Fsp3) is 0.818. The molecule has 0 aromatic rings. The van der Waals surface area contributed by atoms with Crippen molar-refractivity contribution >= 4 is 0 Å². The van der Waals surface area contributed by atoms with Gasteiger partial charge in [-0.2, -0.15) is 0 Å². The number of allylic oxidation sites excluding steroid dienone is 1. The molecule has 0 aliphatic carbocycles. The molecule has 0 aromatic heterocycles. The summed E-state index contributed by atoms with van der Waals surface area (Å²) in [6.07, 6.45) is 4.35. The lowest BCUT2D eigenvalue weighted by Gasteiger charge is -2.18. The summed E-state index contributed by atoms with van der Waals surface area (Å²) in [5.74, 6) is 0.559. The van der Waals surface area contributed by atoms with Gasteiger partial charge in [0.25, 0.3) is 0 Å². The summed E-state index contributed by atoms with van der Waals surface area (Å²) >= 11 is 0. The third-order valence-electron chi connectivity index (χ3n) is 2.48. The molecule has 15 heavy (non-hydrogen) atoms. The minimum absolute atomic E-state index is 0.234. The van der Waals surface area contributed by atoms with E-state index in [2.05, 4.69) is 0 Å². The van der Waals surface area contributed by atoms with Crippen molar-refractivity contribution < 1.29 is 9.66 Å². The van der Waals surface area contributed by atoms with Crippen LogP contribution in [0.2, 0.25) is 0 Å². The van der Waals surface area contributed by atoms with Crippen molar-refractivity contribution in [3.8, 4) is 0 Å². The van der Waals surface area contributed by atoms with Crippen molar-refractivity contribution in [2.75, 3.05) is 13.2 Å². The van der Waals surface area contributed by atoms with E-state index in [1.165, 1.54) is 0 Å². The minimum atomic E-state index is -0.255. The van der Waals surface area contributed by atoms with Crippen molar-refractivity contribution in [3.05, 3.63) is 21.9 Å². The molecule has 1 unspecified atom stereocenters. The monoisotopic (exact) mass is 213 g/mol. The highest BCUT2D eigenvalue weighted by molar-refractivity contribution is 4.97. The maximum absolute atomic E-state index is 10.8.